The molecular weight excluding hydrogens is 214 g/mol. The topological polar surface area (TPSA) is 38.3 Å². The van der Waals surface area contributed by atoms with E-state index in [0.29, 0.717) is 11.8 Å². The Kier molecular flexibility index (Phi) is 3.36. The Balaban J connectivity index is 2.37. The van der Waals surface area contributed by atoms with Crippen molar-refractivity contribution in [2.75, 3.05) is 13.7 Å². The van der Waals surface area contributed by atoms with Crippen LogP contribution in [0.5, 0.6) is 5.75 Å². The SMILES string of the molecule is COc1ccc2c(c1)C(CC(C)C)CNC2=O. The van der Waals surface area contributed by atoms with E-state index in [1.807, 2.05) is 18.2 Å². The van der Waals surface area contributed by atoms with Crippen LogP contribution in [0.2, 0.25) is 0 Å². The van der Waals surface area contributed by atoms with Gasteiger partial charge >= 0.3 is 0 Å². The highest BCUT2D eigenvalue weighted by molar-refractivity contribution is 5.97. The van der Waals surface area contributed by atoms with E-state index < -0.39 is 0 Å². The third-order valence-electron chi connectivity index (χ3n) is 3.21. The first-order chi connectivity index (χ1) is 8.11. The molecule has 1 N–H and O–H groups in total. The van der Waals surface area contributed by atoms with E-state index in [2.05, 4.69) is 19.2 Å². The summed E-state index contributed by atoms with van der Waals surface area (Å²) in [6.07, 6.45) is 1.08. The van der Waals surface area contributed by atoms with E-state index in [1.54, 1.807) is 7.11 Å². The lowest BCUT2D eigenvalue weighted by molar-refractivity contribution is 0.0938. The van der Waals surface area contributed by atoms with Crippen molar-refractivity contribution in [3.8, 4) is 5.75 Å². The van der Waals surface area contributed by atoms with E-state index >= 15 is 0 Å². The molecule has 1 aromatic rings. The van der Waals surface area contributed by atoms with Gasteiger partial charge in [0.25, 0.3) is 5.91 Å². The average molecular weight is 233 g/mol. The summed E-state index contributed by atoms with van der Waals surface area (Å²) in [7, 11) is 1.65. The van der Waals surface area contributed by atoms with Crippen LogP contribution in [0.1, 0.15) is 42.1 Å². The van der Waals surface area contributed by atoms with Crippen LogP contribution < -0.4 is 10.1 Å². The highest BCUT2D eigenvalue weighted by Crippen LogP contribution is 2.31. The number of hydrogen-bond donors (Lipinski definition) is 1. The van der Waals surface area contributed by atoms with Crippen LogP contribution in [0, 0.1) is 5.92 Å². The standard InChI is InChI=1S/C14H19NO2/c1-9(2)6-10-8-15-14(16)12-5-4-11(17-3)7-13(10)12/h4-5,7,9-10H,6,8H2,1-3H3,(H,15,16). The van der Waals surface area contributed by atoms with E-state index in [-0.39, 0.29) is 5.91 Å². The Morgan fingerprint density at radius 3 is 2.88 bits per heavy atom. The number of ether oxygens (including phenoxy) is 1. The molecule has 1 atom stereocenters. The molecule has 1 unspecified atom stereocenters. The van der Waals surface area contributed by atoms with E-state index in [4.69, 9.17) is 4.74 Å². The third-order valence-corrected chi connectivity index (χ3v) is 3.21. The number of carbonyl (C=O) groups is 1. The maximum Gasteiger partial charge on any atom is 0.251 e. The molecule has 1 aliphatic rings. The summed E-state index contributed by atoms with van der Waals surface area (Å²) >= 11 is 0. The van der Waals surface area contributed by atoms with Gasteiger partial charge in [-0.2, -0.15) is 0 Å². The van der Waals surface area contributed by atoms with Gasteiger partial charge in [-0.3, -0.25) is 4.79 Å². The minimum atomic E-state index is 0.0302. The first-order valence-electron chi connectivity index (χ1n) is 6.08. The van der Waals surface area contributed by atoms with Crippen LogP contribution in [0.3, 0.4) is 0 Å². The van der Waals surface area contributed by atoms with Crippen LogP contribution in [0.15, 0.2) is 18.2 Å². The maximum atomic E-state index is 11.8. The molecule has 1 aliphatic heterocycles. The molecule has 0 aromatic heterocycles. The second kappa shape index (κ2) is 4.78. The molecule has 0 fully saturated rings. The van der Waals surface area contributed by atoms with Gasteiger partial charge in [0.15, 0.2) is 0 Å². The van der Waals surface area contributed by atoms with Crippen LogP contribution in [0.4, 0.5) is 0 Å². The summed E-state index contributed by atoms with van der Waals surface area (Å²) in [4.78, 5) is 11.8. The molecular formula is C14H19NO2. The highest BCUT2D eigenvalue weighted by atomic mass is 16.5. The van der Waals surface area contributed by atoms with Gasteiger partial charge in [-0.25, -0.2) is 0 Å². The molecule has 1 heterocycles. The first-order valence-corrected chi connectivity index (χ1v) is 6.08. The quantitative estimate of drug-likeness (QED) is 0.871. The number of methoxy groups -OCH3 is 1. The van der Waals surface area contributed by atoms with Gasteiger partial charge in [0.2, 0.25) is 0 Å². The summed E-state index contributed by atoms with van der Waals surface area (Å²) in [6, 6.07) is 5.70. The fourth-order valence-electron chi connectivity index (χ4n) is 2.41. The molecule has 17 heavy (non-hydrogen) atoms. The van der Waals surface area contributed by atoms with Gasteiger partial charge in [-0.1, -0.05) is 13.8 Å². The lowest BCUT2D eigenvalue weighted by Gasteiger charge is -2.27. The van der Waals surface area contributed by atoms with Gasteiger partial charge < -0.3 is 10.1 Å². The molecule has 0 aliphatic carbocycles. The number of amides is 1. The molecule has 0 saturated carbocycles. The predicted octanol–water partition coefficient (Wildman–Crippen LogP) is 2.57. The third kappa shape index (κ3) is 2.43. The summed E-state index contributed by atoms with van der Waals surface area (Å²) in [5.74, 6) is 1.88. The maximum absolute atomic E-state index is 11.8. The summed E-state index contributed by atoms with van der Waals surface area (Å²) in [5.41, 5.74) is 1.92. The van der Waals surface area contributed by atoms with Crippen molar-refractivity contribution in [1.82, 2.24) is 5.32 Å². The lowest BCUT2D eigenvalue weighted by atomic mass is 9.84. The van der Waals surface area contributed by atoms with Crippen LogP contribution >= 0.6 is 0 Å². The molecule has 0 saturated heterocycles. The number of hydrogen-bond acceptors (Lipinski definition) is 2. The Bertz CT molecular complexity index is 426. The normalized spacial score (nSPS) is 18.8. The molecule has 0 spiro atoms. The van der Waals surface area contributed by atoms with Crippen LogP contribution in [-0.4, -0.2) is 19.6 Å². The smallest absolute Gasteiger partial charge is 0.251 e. The van der Waals surface area contributed by atoms with Gasteiger partial charge in [0, 0.05) is 18.0 Å². The van der Waals surface area contributed by atoms with Crippen molar-refractivity contribution in [2.24, 2.45) is 5.92 Å². The van der Waals surface area contributed by atoms with Gasteiger partial charge in [-0.15, -0.1) is 0 Å². The molecule has 3 nitrogen and oxygen atoms in total. The zero-order chi connectivity index (χ0) is 12.4. The fourth-order valence-corrected chi connectivity index (χ4v) is 2.41. The van der Waals surface area contributed by atoms with Gasteiger partial charge in [-0.05, 0) is 36.1 Å². The highest BCUT2D eigenvalue weighted by Gasteiger charge is 2.26. The van der Waals surface area contributed by atoms with Crippen molar-refractivity contribution in [3.05, 3.63) is 29.3 Å². The fraction of sp³-hybridized carbons (Fsp3) is 0.500. The number of carbonyl (C=O) groups excluding carboxylic acids is 1. The number of benzene rings is 1. The lowest BCUT2D eigenvalue weighted by Crippen LogP contribution is -2.35. The van der Waals surface area contributed by atoms with Crippen molar-refractivity contribution in [3.63, 3.8) is 0 Å². The molecule has 3 heteroatoms. The molecule has 0 radical (unpaired) electrons. The zero-order valence-corrected chi connectivity index (χ0v) is 10.6. The Hall–Kier alpha value is -1.51. The summed E-state index contributed by atoms with van der Waals surface area (Å²) in [6.45, 7) is 5.14. The van der Waals surface area contributed by atoms with E-state index in [1.165, 1.54) is 0 Å². The zero-order valence-electron chi connectivity index (χ0n) is 10.6. The molecule has 0 bridgehead atoms. The second-order valence-electron chi connectivity index (χ2n) is 4.99. The van der Waals surface area contributed by atoms with E-state index in [9.17, 15) is 4.79 Å². The predicted molar refractivity (Wildman–Crippen MR) is 67.5 cm³/mol. The Morgan fingerprint density at radius 2 is 2.24 bits per heavy atom. The minimum absolute atomic E-state index is 0.0302. The average Bonchev–Trinajstić information content (AvgIpc) is 2.32. The van der Waals surface area contributed by atoms with Crippen molar-refractivity contribution in [2.45, 2.75) is 26.2 Å². The number of rotatable bonds is 3. The van der Waals surface area contributed by atoms with Crippen molar-refractivity contribution >= 4 is 5.91 Å². The minimum Gasteiger partial charge on any atom is -0.497 e. The van der Waals surface area contributed by atoms with Crippen LogP contribution in [-0.2, 0) is 0 Å². The molecule has 2 rings (SSSR count). The van der Waals surface area contributed by atoms with Crippen molar-refractivity contribution < 1.29 is 9.53 Å². The number of fused-ring (bicyclic) bond motifs is 1. The largest absolute Gasteiger partial charge is 0.497 e. The monoisotopic (exact) mass is 233 g/mol. The first kappa shape index (κ1) is 12.0. The molecule has 1 aromatic carbocycles. The molecule has 92 valence electrons. The summed E-state index contributed by atoms with van der Waals surface area (Å²) in [5, 5.41) is 2.95. The Labute approximate surface area is 102 Å². The van der Waals surface area contributed by atoms with Crippen LogP contribution in [0.25, 0.3) is 0 Å². The van der Waals surface area contributed by atoms with Crippen molar-refractivity contribution in [1.29, 1.82) is 0 Å². The summed E-state index contributed by atoms with van der Waals surface area (Å²) < 4.78 is 5.24. The Morgan fingerprint density at radius 1 is 1.47 bits per heavy atom. The number of nitrogens with one attached hydrogen (secondary N) is 1. The second-order valence-corrected chi connectivity index (χ2v) is 4.99. The van der Waals surface area contributed by atoms with E-state index in [0.717, 1.165) is 29.8 Å². The van der Waals surface area contributed by atoms with Gasteiger partial charge in [0.05, 0.1) is 7.11 Å². The van der Waals surface area contributed by atoms with Gasteiger partial charge in [0.1, 0.15) is 5.75 Å². The molecule has 1 amide bonds.